The topological polar surface area (TPSA) is 60.5 Å². The maximum absolute atomic E-state index is 13.0. The standard InChI is InChI=1S/C20H17F3N2O3/c1-11-7-8-24-18-15(25-12(2)26)10-16(27-3)19(17(11)18)28-14-6-4-5-13(9-14)20(21,22)23/h4-10H,1-3H3,(H,25,26). The molecule has 1 N–H and O–H groups in total. The van der Waals surface area contributed by atoms with Gasteiger partial charge in [-0.05, 0) is 36.8 Å². The van der Waals surface area contributed by atoms with Crippen LogP contribution in [0.1, 0.15) is 18.1 Å². The van der Waals surface area contributed by atoms with Gasteiger partial charge in [0.2, 0.25) is 5.91 Å². The van der Waals surface area contributed by atoms with Crippen LogP contribution in [-0.2, 0) is 11.0 Å². The van der Waals surface area contributed by atoms with Crippen molar-refractivity contribution in [3.05, 3.63) is 53.7 Å². The Morgan fingerprint density at radius 1 is 1.18 bits per heavy atom. The molecule has 0 aliphatic heterocycles. The van der Waals surface area contributed by atoms with Gasteiger partial charge in [-0.1, -0.05) is 6.07 Å². The molecular weight excluding hydrogens is 373 g/mol. The number of pyridine rings is 1. The monoisotopic (exact) mass is 390 g/mol. The Hall–Kier alpha value is -3.29. The van der Waals surface area contributed by atoms with Crippen LogP contribution < -0.4 is 14.8 Å². The first-order chi connectivity index (χ1) is 13.2. The summed E-state index contributed by atoms with van der Waals surface area (Å²) in [6.45, 7) is 3.17. The summed E-state index contributed by atoms with van der Waals surface area (Å²) in [5, 5.41) is 3.21. The van der Waals surface area contributed by atoms with Crippen LogP contribution in [0.5, 0.6) is 17.2 Å². The first kappa shape index (κ1) is 19.5. The van der Waals surface area contributed by atoms with Crippen molar-refractivity contribution in [3.63, 3.8) is 0 Å². The molecular formula is C20H17F3N2O3. The minimum atomic E-state index is -4.49. The highest BCUT2D eigenvalue weighted by Crippen LogP contribution is 2.43. The molecule has 1 aromatic heterocycles. The first-order valence-electron chi connectivity index (χ1n) is 8.29. The van der Waals surface area contributed by atoms with Crippen LogP contribution in [0.2, 0.25) is 0 Å². The molecule has 0 radical (unpaired) electrons. The molecule has 146 valence electrons. The molecule has 8 heteroatoms. The maximum atomic E-state index is 13.0. The van der Waals surface area contributed by atoms with E-state index in [1.807, 2.05) is 0 Å². The number of aryl methyl sites for hydroxylation is 1. The number of fused-ring (bicyclic) bond motifs is 1. The van der Waals surface area contributed by atoms with Crippen LogP contribution >= 0.6 is 0 Å². The number of hydrogen-bond donors (Lipinski definition) is 1. The zero-order valence-corrected chi connectivity index (χ0v) is 15.3. The van der Waals surface area contributed by atoms with E-state index in [4.69, 9.17) is 9.47 Å². The number of methoxy groups -OCH3 is 1. The normalized spacial score (nSPS) is 11.4. The molecule has 0 atom stereocenters. The summed E-state index contributed by atoms with van der Waals surface area (Å²) in [6.07, 6.45) is -2.91. The molecule has 0 aliphatic rings. The number of aromatic nitrogens is 1. The van der Waals surface area contributed by atoms with E-state index in [1.165, 1.54) is 32.2 Å². The van der Waals surface area contributed by atoms with Crippen molar-refractivity contribution in [1.82, 2.24) is 4.98 Å². The molecule has 0 bridgehead atoms. The van der Waals surface area contributed by atoms with E-state index in [0.717, 1.165) is 17.7 Å². The fraction of sp³-hybridized carbons (Fsp3) is 0.200. The molecule has 5 nitrogen and oxygen atoms in total. The quantitative estimate of drug-likeness (QED) is 0.655. The average Bonchev–Trinajstić information content (AvgIpc) is 2.62. The van der Waals surface area contributed by atoms with Gasteiger partial charge in [-0.15, -0.1) is 0 Å². The number of carbonyl (C=O) groups excluding carboxylic acids is 1. The van der Waals surface area contributed by atoms with E-state index in [9.17, 15) is 18.0 Å². The van der Waals surface area contributed by atoms with E-state index in [0.29, 0.717) is 16.6 Å². The number of alkyl halides is 3. The van der Waals surface area contributed by atoms with E-state index in [1.54, 1.807) is 19.2 Å². The number of hydrogen-bond acceptors (Lipinski definition) is 4. The highest BCUT2D eigenvalue weighted by atomic mass is 19.4. The third-order valence-electron chi connectivity index (χ3n) is 4.05. The lowest BCUT2D eigenvalue weighted by atomic mass is 10.1. The number of ether oxygens (including phenoxy) is 2. The fourth-order valence-corrected chi connectivity index (χ4v) is 2.83. The Kier molecular flexibility index (Phi) is 5.13. The molecule has 0 aliphatic carbocycles. The summed E-state index contributed by atoms with van der Waals surface area (Å²) in [6, 6.07) is 7.84. The lowest BCUT2D eigenvalue weighted by Gasteiger charge is -2.18. The van der Waals surface area contributed by atoms with Gasteiger partial charge in [0.15, 0.2) is 11.5 Å². The molecule has 1 heterocycles. The van der Waals surface area contributed by atoms with E-state index >= 15 is 0 Å². The second kappa shape index (κ2) is 7.38. The van der Waals surface area contributed by atoms with Gasteiger partial charge in [0.05, 0.1) is 29.3 Å². The third kappa shape index (κ3) is 3.85. The summed E-state index contributed by atoms with van der Waals surface area (Å²) in [5.74, 6) is 0.185. The molecule has 0 unspecified atom stereocenters. The smallest absolute Gasteiger partial charge is 0.416 e. The molecule has 3 aromatic rings. The molecule has 1 amide bonds. The van der Waals surface area contributed by atoms with Gasteiger partial charge in [-0.3, -0.25) is 9.78 Å². The minimum Gasteiger partial charge on any atom is -0.493 e. The average molecular weight is 390 g/mol. The number of nitrogens with zero attached hydrogens (tertiary/aromatic N) is 1. The second-order valence-corrected chi connectivity index (χ2v) is 6.12. The lowest BCUT2D eigenvalue weighted by Crippen LogP contribution is -2.08. The predicted molar refractivity (Wildman–Crippen MR) is 98.9 cm³/mol. The predicted octanol–water partition coefficient (Wildman–Crippen LogP) is 5.32. The Morgan fingerprint density at radius 2 is 1.93 bits per heavy atom. The number of anilines is 1. The van der Waals surface area contributed by atoms with Gasteiger partial charge in [0, 0.05) is 19.2 Å². The maximum Gasteiger partial charge on any atom is 0.416 e. The lowest BCUT2D eigenvalue weighted by molar-refractivity contribution is -0.137. The largest absolute Gasteiger partial charge is 0.493 e. The van der Waals surface area contributed by atoms with Gasteiger partial charge in [-0.25, -0.2) is 0 Å². The van der Waals surface area contributed by atoms with E-state index in [-0.39, 0.29) is 23.2 Å². The number of benzene rings is 2. The van der Waals surface area contributed by atoms with Crippen molar-refractivity contribution in [1.29, 1.82) is 0 Å². The summed E-state index contributed by atoms with van der Waals surface area (Å²) in [7, 11) is 1.41. The highest BCUT2D eigenvalue weighted by molar-refractivity contribution is 6.04. The fourth-order valence-electron chi connectivity index (χ4n) is 2.83. The summed E-state index contributed by atoms with van der Waals surface area (Å²) < 4.78 is 50.2. The number of halogens is 3. The zero-order chi connectivity index (χ0) is 20.5. The minimum absolute atomic E-state index is 0.00459. The van der Waals surface area contributed by atoms with Crippen LogP contribution in [0, 0.1) is 6.92 Å². The molecule has 0 saturated heterocycles. The SMILES string of the molecule is COc1cc(NC(C)=O)c2nccc(C)c2c1Oc1cccc(C(F)(F)F)c1. The van der Waals surface area contributed by atoms with Crippen molar-refractivity contribution in [2.24, 2.45) is 0 Å². The van der Waals surface area contributed by atoms with Gasteiger partial charge >= 0.3 is 6.18 Å². The second-order valence-electron chi connectivity index (χ2n) is 6.12. The molecule has 3 rings (SSSR count). The summed E-state index contributed by atoms with van der Waals surface area (Å²) in [5.41, 5.74) is 0.799. The summed E-state index contributed by atoms with van der Waals surface area (Å²) in [4.78, 5) is 15.8. The number of carbonyl (C=O) groups is 1. The van der Waals surface area contributed by atoms with Crippen molar-refractivity contribution < 1.29 is 27.4 Å². The Bertz CT molecular complexity index is 1050. The molecule has 0 spiro atoms. The van der Waals surface area contributed by atoms with Gasteiger partial charge in [-0.2, -0.15) is 13.2 Å². The molecule has 28 heavy (non-hydrogen) atoms. The van der Waals surface area contributed by atoms with E-state index < -0.39 is 11.7 Å². The van der Waals surface area contributed by atoms with Crippen molar-refractivity contribution in [2.45, 2.75) is 20.0 Å². The van der Waals surface area contributed by atoms with Crippen molar-refractivity contribution in [2.75, 3.05) is 12.4 Å². The van der Waals surface area contributed by atoms with Gasteiger partial charge in [0.1, 0.15) is 5.75 Å². The molecule has 0 saturated carbocycles. The van der Waals surface area contributed by atoms with E-state index in [2.05, 4.69) is 10.3 Å². The number of rotatable bonds is 4. The first-order valence-corrected chi connectivity index (χ1v) is 8.29. The number of amides is 1. The van der Waals surface area contributed by atoms with Crippen molar-refractivity contribution >= 4 is 22.5 Å². The molecule has 2 aromatic carbocycles. The summed E-state index contributed by atoms with van der Waals surface area (Å²) >= 11 is 0. The Balaban J connectivity index is 2.20. The van der Waals surface area contributed by atoms with Gasteiger partial charge < -0.3 is 14.8 Å². The van der Waals surface area contributed by atoms with Crippen LogP contribution in [0.25, 0.3) is 10.9 Å². The van der Waals surface area contributed by atoms with Gasteiger partial charge in [0.25, 0.3) is 0 Å². The zero-order valence-electron chi connectivity index (χ0n) is 15.3. The van der Waals surface area contributed by atoms with Crippen LogP contribution in [-0.4, -0.2) is 18.0 Å². The Labute approximate surface area is 159 Å². The molecule has 0 fully saturated rings. The number of nitrogens with one attached hydrogen (secondary N) is 1. The third-order valence-corrected chi connectivity index (χ3v) is 4.05. The Morgan fingerprint density at radius 3 is 2.57 bits per heavy atom. The van der Waals surface area contributed by atoms with Crippen molar-refractivity contribution in [3.8, 4) is 17.2 Å². The highest BCUT2D eigenvalue weighted by Gasteiger charge is 2.31. The van der Waals surface area contributed by atoms with Crippen LogP contribution in [0.3, 0.4) is 0 Å². The van der Waals surface area contributed by atoms with Crippen LogP contribution in [0.4, 0.5) is 18.9 Å². The van der Waals surface area contributed by atoms with Crippen LogP contribution in [0.15, 0.2) is 42.6 Å².